The number of ether oxygens (including phenoxy) is 1. The van der Waals surface area contributed by atoms with E-state index in [1.165, 1.54) is 0 Å². The molecule has 0 spiro atoms. The van der Waals surface area contributed by atoms with Crippen LogP contribution in [0.15, 0.2) is 27.8 Å². The van der Waals surface area contributed by atoms with Crippen LogP contribution in [-0.2, 0) is 0 Å². The molecule has 13 heavy (non-hydrogen) atoms. The van der Waals surface area contributed by atoms with Gasteiger partial charge in [0.05, 0.1) is 13.3 Å². The van der Waals surface area contributed by atoms with Gasteiger partial charge in [-0.2, -0.15) is 5.10 Å². The normalized spacial score (nSPS) is 10.4. The first-order valence-corrected chi connectivity index (χ1v) is 4.60. The summed E-state index contributed by atoms with van der Waals surface area (Å²) >= 11 is 3.38. The molecule has 1 N–H and O–H groups in total. The SMILES string of the molecule is CN/N=C/c1cc(Br)ccc1OC. The van der Waals surface area contributed by atoms with E-state index >= 15 is 0 Å². The Morgan fingerprint density at radius 1 is 1.54 bits per heavy atom. The lowest BCUT2D eigenvalue weighted by molar-refractivity contribution is 0.414. The van der Waals surface area contributed by atoms with Crippen LogP contribution in [0.4, 0.5) is 0 Å². The summed E-state index contributed by atoms with van der Waals surface area (Å²) in [5.74, 6) is 0.808. The van der Waals surface area contributed by atoms with E-state index in [0.29, 0.717) is 0 Å². The zero-order chi connectivity index (χ0) is 9.68. The van der Waals surface area contributed by atoms with Crippen molar-refractivity contribution in [3.8, 4) is 5.75 Å². The molecule has 0 heterocycles. The van der Waals surface area contributed by atoms with Gasteiger partial charge < -0.3 is 10.2 Å². The maximum absolute atomic E-state index is 5.16. The number of rotatable bonds is 3. The van der Waals surface area contributed by atoms with E-state index in [0.717, 1.165) is 15.8 Å². The van der Waals surface area contributed by atoms with Crippen molar-refractivity contribution in [1.29, 1.82) is 0 Å². The second-order valence-corrected chi connectivity index (χ2v) is 3.28. The van der Waals surface area contributed by atoms with Gasteiger partial charge in [0, 0.05) is 17.1 Å². The Hall–Kier alpha value is -1.03. The zero-order valence-corrected chi connectivity index (χ0v) is 9.13. The van der Waals surface area contributed by atoms with Crippen molar-refractivity contribution in [2.45, 2.75) is 0 Å². The predicted molar refractivity (Wildman–Crippen MR) is 57.3 cm³/mol. The number of hydrogen-bond acceptors (Lipinski definition) is 3. The molecule has 0 atom stereocenters. The Bertz CT molecular complexity index is 312. The number of nitrogens with one attached hydrogen (secondary N) is 1. The molecule has 0 aromatic heterocycles. The highest BCUT2D eigenvalue weighted by Crippen LogP contribution is 2.20. The number of hydrazone groups is 1. The molecule has 1 aromatic rings. The standard InChI is InChI=1S/C9H11BrN2O/c1-11-12-6-7-5-8(10)3-4-9(7)13-2/h3-6,11H,1-2H3/b12-6+. The highest BCUT2D eigenvalue weighted by molar-refractivity contribution is 9.10. The molecule has 0 saturated carbocycles. The fraction of sp³-hybridized carbons (Fsp3) is 0.222. The summed E-state index contributed by atoms with van der Waals surface area (Å²) in [6, 6.07) is 5.76. The van der Waals surface area contributed by atoms with E-state index in [1.807, 2.05) is 18.2 Å². The molecule has 0 aliphatic heterocycles. The highest BCUT2D eigenvalue weighted by atomic mass is 79.9. The number of halogens is 1. The third kappa shape index (κ3) is 2.73. The summed E-state index contributed by atoms with van der Waals surface area (Å²) in [5.41, 5.74) is 3.62. The monoisotopic (exact) mass is 242 g/mol. The number of benzene rings is 1. The van der Waals surface area contributed by atoms with Crippen LogP contribution in [0.5, 0.6) is 5.75 Å². The largest absolute Gasteiger partial charge is 0.496 e. The smallest absolute Gasteiger partial charge is 0.127 e. The molecule has 0 bridgehead atoms. The molecule has 0 fully saturated rings. The average molecular weight is 243 g/mol. The second kappa shape index (κ2) is 4.87. The summed E-state index contributed by atoms with van der Waals surface area (Å²) < 4.78 is 6.16. The van der Waals surface area contributed by atoms with Gasteiger partial charge >= 0.3 is 0 Å². The van der Waals surface area contributed by atoms with Crippen molar-refractivity contribution in [3.63, 3.8) is 0 Å². The zero-order valence-electron chi connectivity index (χ0n) is 7.54. The van der Waals surface area contributed by atoms with Crippen LogP contribution < -0.4 is 10.2 Å². The molecule has 0 amide bonds. The number of nitrogens with zero attached hydrogens (tertiary/aromatic N) is 1. The van der Waals surface area contributed by atoms with E-state index in [9.17, 15) is 0 Å². The summed E-state index contributed by atoms with van der Waals surface area (Å²) in [5, 5.41) is 3.92. The van der Waals surface area contributed by atoms with Crippen LogP contribution in [0.25, 0.3) is 0 Å². The minimum absolute atomic E-state index is 0.808. The van der Waals surface area contributed by atoms with Crippen LogP contribution in [0.2, 0.25) is 0 Å². The summed E-state index contributed by atoms with van der Waals surface area (Å²) in [6.07, 6.45) is 1.71. The van der Waals surface area contributed by atoms with Crippen molar-refractivity contribution < 1.29 is 4.74 Å². The maximum atomic E-state index is 5.16. The van der Waals surface area contributed by atoms with Crippen molar-refractivity contribution in [3.05, 3.63) is 28.2 Å². The minimum Gasteiger partial charge on any atom is -0.496 e. The van der Waals surface area contributed by atoms with Gasteiger partial charge in [0.2, 0.25) is 0 Å². The molecule has 70 valence electrons. The van der Waals surface area contributed by atoms with E-state index in [2.05, 4.69) is 26.5 Å². The lowest BCUT2D eigenvalue weighted by Gasteiger charge is -2.03. The Morgan fingerprint density at radius 3 is 2.92 bits per heavy atom. The third-order valence-corrected chi connectivity index (χ3v) is 2.02. The molecule has 0 saturated heterocycles. The quantitative estimate of drug-likeness (QED) is 0.650. The van der Waals surface area contributed by atoms with Gasteiger partial charge in [-0.25, -0.2) is 0 Å². The molecule has 0 radical (unpaired) electrons. The van der Waals surface area contributed by atoms with Crippen molar-refractivity contribution >= 4 is 22.1 Å². The Balaban J connectivity index is 3.01. The molecular weight excluding hydrogens is 232 g/mol. The van der Waals surface area contributed by atoms with Crippen LogP contribution in [-0.4, -0.2) is 20.4 Å². The van der Waals surface area contributed by atoms with Crippen LogP contribution in [0.1, 0.15) is 5.56 Å². The molecule has 1 rings (SSSR count). The predicted octanol–water partition coefficient (Wildman–Crippen LogP) is 2.01. The molecule has 0 unspecified atom stereocenters. The van der Waals surface area contributed by atoms with E-state index in [-0.39, 0.29) is 0 Å². The maximum Gasteiger partial charge on any atom is 0.127 e. The molecular formula is C9H11BrN2O. The Kier molecular flexibility index (Phi) is 3.76. The van der Waals surface area contributed by atoms with Gasteiger partial charge in [-0.3, -0.25) is 0 Å². The van der Waals surface area contributed by atoms with Gasteiger partial charge in [-0.05, 0) is 18.2 Å². The highest BCUT2D eigenvalue weighted by Gasteiger charge is 1.99. The summed E-state index contributed by atoms with van der Waals surface area (Å²) in [7, 11) is 3.39. The summed E-state index contributed by atoms with van der Waals surface area (Å²) in [6.45, 7) is 0. The van der Waals surface area contributed by atoms with Gasteiger partial charge in [-0.1, -0.05) is 15.9 Å². The molecule has 3 nitrogen and oxygen atoms in total. The van der Waals surface area contributed by atoms with Gasteiger partial charge in [-0.15, -0.1) is 0 Å². The van der Waals surface area contributed by atoms with Crippen molar-refractivity contribution in [2.75, 3.05) is 14.2 Å². The fourth-order valence-electron chi connectivity index (χ4n) is 0.940. The first kappa shape index (κ1) is 10.1. The Labute approximate surface area is 85.9 Å². The molecule has 0 aliphatic rings. The van der Waals surface area contributed by atoms with Gasteiger partial charge in [0.15, 0.2) is 0 Å². The first-order chi connectivity index (χ1) is 6.27. The Morgan fingerprint density at radius 2 is 2.31 bits per heavy atom. The lowest BCUT2D eigenvalue weighted by Crippen LogP contribution is -1.96. The van der Waals surface area contributed by atoms with Gasteiger partial charge in [0.1, 0.15) is 5.75 Å². The topological polar surface area (TPSA) is 33.6 Å². The van der Waals surface area contributed by atoms with E-state index in [1.54, 1.807) is 20.4 Å². The average Bonchev–Trinajstić information content (AvgIpc) is 2.15. The van der Waals surface area contributed by atoms with Gasteiger partial charge in [0.25, 0.3) is 0 Å². The van der Waals surface area contributed by atoms with E-state index in [4.69, 9.17) is 4.74 Å². The molecule has 0 aliphatic carbocycles. The van der Waals surface area contributed by atoms with Crippen LogP contribution >= 0.6 is 15.9 Å². The second-order valence-electron chi connectivity index (χ2n) is 2.37. The van der Waals surface area contributed by atoms with Crippen molar-refractivity contribution in [1.82, 2.24) is 5.43 Å². The fourth-order valence-corrected chi connectivity index (χ4v) is 1.32. The number of hydrogen-bond donors (Lipinski definition) is 1. The lowest BCUT2D eigenvalue weighted by atomic mass is 10.2. The van der Waals surface area contributed by atoms with Crippen LogP contribution in [0, 0.1) is 0 Å². The molecule has 1 aromatic carbocycles. The third-order valence-electron chi connectivity index (χ3n) is 1.52. The summed E-state index contributed by atoms with van der Waals surface area (Å²) in [4.78, 5) is 0. The first-order valence-electron chi connectivity index (χ1n) is 3.81. The van der Waals surface area contributed by atoms with Crippen LogP contribution in [0.3, 0.4) is 0 Å². The molecule has 4 heteroatoms. The van der Waals surface area contributed by atoms with E-state index < -0.39 is 0 Å². The minimum atomic E-state index is 0.808. The number of methoxy groups -OCH3 is 1. The van der Waals surface area contributed by atoms with Crippen molar-refractivity contribution in [2.24, 2.45) is 5.10 Å².